The summed E-state index contributed by atoms with van der Waals surface area (Å²) in [5.74, 6) is 1.87. The average Bonchev–Trinajstić information content (AvgIpc) is 2.80. The van der Waals surface area contributed by atoms with Gasteiger partial charge < -0.3 is 4.74 Å². The van der Waals surface area contributed by atoms with Crippen molar-refractivity contribution >= 4 is 12.6 Å². The van der Waals surface area contributed by atoms with Gasteiger partial charge in [-0.15, -0.1) is 0 Å². The molecule has 0 aliphatic heterocycles. The van der Waals surface area contributed by atoms with Gasteiger partial charge >= 0.3 is 0 Å². The van der Waals surface area contributed by atoms with Crippen LogP contribution in [0.1, 0.15) is 57.8 Å². The van der Waals surface area contributed by atoms with E-state index < -0.39 is 0 Å². The largest absolute Gasteiger partial charge is 0.381 e. The lowest BCUT2D eigenvalue weighted by Gasteiger charge is -2.28. The van der Waals surface area contributed by atoms with E-state index in [1.807, 2.05) is 0 Å². The molecule has 0 aromatic heterocycles. The van der Waals surface area contributed by atoms with E-state index in [2.05, 4.69) is 12.6 Å². The van der Waals surface area contributed by atoms with Crippen molar-refractivity contribution in [2.75, 3.05) is 19.0 Å². The zero-order valence-corrected chi connectivity index (χ0v) is 11.3. The van der Waals surface area contributed by atoms with Gasteiger partial charge in [-0.3, -0.25) is 0 Å². The molecular weight excluding hydrogens is 216 g/mol. The van der Waals surface area contributed by atoms with Crippen LogP contribution >= 0.6 is 12.6 Å². The molecule has 0 atom stereocenters. The third kappa shape index (κ3) is 3.40. The van der Waals surface area contributed by atoms with Gasteiger partial charge in [0.1, 0.15) is 0 Å². The first-order valence-corrected chi connectivity index (χ1v) is 7.66. The maximum Gasteiger partial charge on any atom is 0.0530 e. The summed E-state index contributed by atoms with van der Waals surface area (Å²) >= 11 is 4.52. The van der Waals surface area contributed by atoms with E-state index in [1.165, 1.54) is 57.8 Å². The molecule has 0 bridgehead atoms. The molecule has 2 saturated carbocycles. The second kappa shape index (κ2) is 6.30. The van der Waals surface area contributed by atoms with Crippen molar-refractivity contribution in [2.45, 2.75) is 57.8 Å². The molecule has 2 aliphatic rings. The summed E-state index contributed by atoms with van der Waals surface area (Å²) in [5.41, 5.74) is 0.428. The molecule has 0 spiro atoms. The topological polar surface area (TPSA) is 9.23 Å². The quantitative estimate of drug-likeness (QED) is 0.715. The van der Waals surface area contributed by atoms with Crippen molar-refractivity contribution in [2.24, 2.45) is 11.3 Å². The van der Waals surface area contributed by atoms with Crippen molar-refractivity contribution in [1.82, 2.24) is 0 Å². The molecule has 0 unspecified atom stereocenters. The van der Waals surface area contributed by atoms with Gasteiger partial charge in [-0.1, -0.05) is 32.1 Å². The number of hydrogen-bond acceptors (Lipinski definition) is 2. The van der Waals surface area contributed by atoms with Crippen LogP contribution in [0.2, 0.25) is 0 Å². The normalized spacial score (nSPS) is 26.1. The SMILES string of the molecule is SCC1(COCC2CCCCC2)CCCC1. The number of thiol groups is 1. The molecular formula is C14H26OS. The number of ether oxygens (including phenoxy) is 1. The van der Waals surface area contributed by atoms with Crippen LogP contribution in [0.25, 0.3) is 0 Å². The first kappa shape index (κ1) is 12.8. The predicted octanol–water partition coefficient (Wildman–Crippen LogP) is 4.07. The van der Waals surface area contributed by atoms with E-state index in [1.54, 1.807) is 0 Å². The fourth-order valence-corrected chi connectivity index (χ4v) is 3.68. The molecule has 0 aromatic rings. The molecule has 0 heterocycles. The van der Waals surface area contributed by atoms with E-state index in [0.29, 0.717) is 5.41 Å². The molecule has 0 saturated heterocycles. The molecule has 94 valence electrons. The second-order valence-electron chi connectivity index (χ2n) is 5.88. The minimum Gasteiger partial charge on any atom is -0.381 e. The van der Waals surface area contributed by atoms with Crippen LogP contribution in [0.15, 0.2) is 0 Å². The lowest BCUT2D eigenvalue weighted by Crippen LogP contribution is -2.27. The van der Waals surface area contributed by atoms with E-state index in [9.17, 15) is 0 Å². The average molecular weight is 242 g/mol. The number of hydrogen-bond donors (Lipinski definition) is 1. The highest BCUT2D eigenvalue weighted by atomic mass is 32.1. The molecule has 0 amide bonds. The number of rotatable bonds is 5. The van der Waals surface area contributed by atoms with Gasteiger partial charge in [-0.05, 0) is 37.4 Å². The molecule has 2 heteroatoms. The van der Waals surface area contributed by atoms with Crippen molar-refractivity contribution in [1.29, 1.82) is 0 Å². The third-order valence-corrected chi connectivity index (χ3v) is 5.16. The standard InChI is InChI=1S/C14H26OS/c16-12-14(8-4-5-9-14)11-15-10-13-6-2-1-3-7-13/h13,16H,1-12H2. The zero-order valence-electron chi connectivity index (χ0n) is 10.4. The summed E-state index contributed by atoms with van der Waals surface area (Å²) in [6, 6.07) is 0. The zero-order chi connectivity index (χ0) is 11.3. The fraction of sp³-hybridized carbons (Fsp3) is 1.00. The monoisotopic (exact) mass is 242 g/mol. The maximum absolute atomic E-state index is 6.00. The Morgan fingerprint density at radius 2 is 1.69 bits per heavy atom. The highest BCUT2D eigenvalue weighted by molar-refractivity contribution is 7.80. The fourth-order valence-electron chi connectivity index (χ4n) is 3.27. The lowest BCUT2D eigenvalue weighted by molar-refractivity contribution is 0.0298. The van der Waals surface area contributed by atoms with Crippen LogP contribution < -0.4 is 0 Å². The van der Waals surface area contributed by atoms with Gasteiger partial charge in [0, 0.05) is 12.0 Å². The molecule has 16 heavy (non-hydrogen) atoms. The molecule has 2 fully saturated rings. The predicted molar refractivity (Wildman–Crippen MR) is 72.1 cm³/mol. The Labute approximate surface area is 106 Å². The van der Waals surface area contributed by atoms with Gasteiger partial charge in [0.25, 0.3) is 0 Å². The van der Waals surface area contributed by atoms with Crippen LogP contribution in [-0.4, -0.2) is 19.0 Å². The van der Waals surface area contributed by atoms with Crippen molar-refractivity contribution in [3.05, 3.63) is 0 Å². The van der Waals surface area contributed by atoms with Crippen LogP contribution in [0.4, 0.5) is 0 Å². The first-order valence-electron chi connectivity index (χ1n) is 7.03. The third-order valence-electron chi connectivity index (χ3n) is 4.49. The van der Waals surface area contributed by atoms with Crippen LogP contribution in [-0.2, 0) is 4.74 Å². The minimum atomic E-state index is 0.428. The Balaban J connectivity index is 1.66. The maximum atomic E-state index is 6.00. The smallest absolute Gasteiger partial charge is 0.0530 e. The van der Waals surface area contributed by atoms with Gasteiger partial charge in [0.15, 0.2) is 0 Å². The molecule has 0 aromatic carbocycles. The van der Waals surface area contributed by atoms with Gasteiger partial charge in [-0.25, -0.2) is 0 Å². The summed E-state index contributed by atoms with van der Waals surface area (Å²) in [6.07, 6.45) is 12.5. The van der Waals surface area contributed by atoms with Crippen LogP contribution in [0.5, 0.6) is 0 Å². The van der Waals surface area contributed by atoms with Gasteiger partial charge in [0.05, 0.1) is 6.61 Å². The van der Waals surface area contributed by atoms with Crippen LogP contribution in [0, 0.1) is 11.3 Å². The Morgan fingerprint density at radius 1 is 1.00 bits per heavy atom. The summed E-state index contributed by atoms with van der Waals surface area (Å²) < 4.78 is 6.00. The second-order valence-corrected chi connectivity index (χ2v) is 6.20. The van der Waals surface area contributed by atoms with E-state index >= 15 is 0 Å². The summed E-state index contributed by atoms with van der Waals surface area (Å²) in [6.45, 7) is 1.97. The van der Waals surface area contributed by atoms with Gasteiger partial charge in [-0.2, -0.15) is 12.6 Å². The minimum absolute atomic E-state index is 0.428. The van der Waals surface area contributed by atoms with Gasteiger partial charge in [0.2, 0.25) is 0 Å². The Bertz CT molecular complexity index is 193. The summed E-state index contributed by atoms with van der Waals surface area (Å²) in [5, 5.41) is 0. The summed E-state index contributed by atoms with van der Waals surface area (Å²) in [7, 11) is 0. The lowest BCUT2D eigenvalue weighted by atomic mass is 9.88. The van der Waals surface area contributed by atoms with Crippen molar-refractivity contribution in [3.8, 4) is 0 Å². The highest BCUT2D eigenvalue weighted by Crippen LogP contribution is 2.39. The van der Waals surface area contributed by atoms with Crippen molar-refractivity contribution < 1.29 is 4.74 Å². The Morgan fingerprint density at radius 3 is 2.31 bits per heavy atom. The molecule has 2 aliphatic carbocycles. The van der Waals surface area contributed by atoms with Crippen LogP contribution in [0.3, 0.4) is 0 Å². The van der Waals surface area contributed by atoms with E-state index in [0.717, 1.165) is 24.9 Å². The van der Waals surface area contributed by atoms with E-state index in [4.69, 9.17) is 4.74 Å². The van der Waals surface area contributed by atoms with E-state index in [-0.39, 0.29) is 0 Å². The first-order chi connectivity index (χ1) is 7.85. The Hall–Kier alpha value is 0.310. The van der Waals surface area contributed by atoms with Crippen molar-refractivity contribution in [3.63, 3.8) is 0 Å². The molecule has 2 rings (SSSR count). The molecule has 1 nitrogen and oxygen atoms in total. The highest BCUT2D eigenvalue weighted by Gasteiger charge is 2.32. The molecule has 0 N–H and O–H groups in total. The molecule has 0 radical (unpaired) electrons. The Kier molecular flexibility index (Phi) is 5.02. The summed E-state index contributed by atoms with van der Waals surface area (Å²) in [4.78, 5) is 0.